The minimum atomic E-state index is -0.394. The number of hydrogen-bond acceptors (Lipinski definition) is 4. The van der Waals surface area contributed by atoms with Crippen molar-refractivity contribution < 1.29 is 9.21 Å². The number of carbonyl (C=O) groups is 1. The molecule has 1 aliphatic heterocycles. The summed E-state index contributed by atoms with van der Waals surface area (Å²) in [6.45, 7) is 1.99. The van der Waals surface area contributed by atoms with Gasteiger partial charge in [-0.1, -0.05) is 12.1 Å². The maximum Gasteiger partial charge on any atom is 0.237 e. The molecule has 0 radical (unpaired) electrons. The number of H-pyrrole nitrogens is 1. The van der Waals surface area contributed by atoms with Crippen molar-refractivity contribution in [1.29, 1.82) is 0 Å². The van der Waals surface area contributed by atoms with Crippen LogP contribution >= 0.6 is 0 Å². The monoisotopic (exact) mass is 306 g/mol. The van der Waals surface area contributed by atoms with E-state index >= 15 is 0 Å². The molecule has 2 N–H and O–H groups in total. The van der Waals surface area contributed by atoms with E-state index in [4.69, 9.17) is 4.42 Å². The van der Waals surface area contributed by atoms with Crippen molar-refractivity contribution >= 4 is 23.6 Å². The Hall–Kier alpha value is -3.15. The van der Waals surface area contributed by atoms with Gasteiger partial charge in [-0.15, -0.1) is 0 Å². The van der Waals surface area contributed by atoms with Gasteiger partial charge in [0.05, 0.1) is 6.26 Å². The van der Waals surface area contributed by atoms with E-state index in [0.717, 1.165) is 22.5 Å². The maximum absolute atomic E-state index is 12.2. The van der Waals surface area contributed by atoms with Gasteiger partial charge in [0.2, 0.25) is 5.91 Å². The van der Waals surface area contributed by atoms with E-state index in [-0.39, 0.29) is 5.91 Å². The highest BCUT2D eigenvalue weighted by atomic mass is 16.3. The molecule has 0 fully saturated rings. The van der Waals surface area contributed by atoms with Gasteiger partial charge >= 0.3 is 0 Å². The molecule has 0 spiro atoms. The van der Waals surface area contributed by atoms with Crippen LogP contribution in [0.5, 0.6) is 0 Å². The standard InChI is InChI=1S/C17H14N4O2/c1-10-4-2-5-12-16(10)11(17(22)19-12)9-18-15-8-13(20-21-15)14-6-3-7-23-14/h2-9,11H,1H3,(H,19,22)(H,20,21). The highest BCUT2D eigenvalue weighted by molar-refractivity contribution is 6.13. The van der Waals surface area contributed by atoms with Gasteiger partial charge in [0.15, 0.2) is 11.6 Å². The average molecular weight is 306 g/mol. The molecule has 1 aromatic carbocycles. The first-order chi connectivity index (χ1) is 11.2. The number of fused-ring (bicyclic) bond motifs is 1. The minimum absolute atomic E-state index is 0.0696. The average Bonchev–Trinajstić information content (AvgIpc) is 3.25. The Balaban J connectivity index is 1.62. The maximum atomic E-state index is 12.2. The van der Waals surface area contributed by atoms with Crippen LogP contribution in [0.4, 0.5) is 11.5 Å². The van der Waals surface area contributed by atoms with Crippen molar-refractivity contribution in [2.24, 2.45) is 4.99 Å². The zero-order chi connectivity index (χ0) is 15.8. The van der Waals surface area contributed by atoms with Crippen LogP contribution in [0, 0.1) is 6.92 Å². The van der Waals surface area contributed by atoms with Crippen molar-refractivity contribution in [2.75, 3.05) is 5.32 Å². The van der Waals surface area contributed by atoms with Crippen molar-refractivity contribution in [3.05, 3.63) is 53.8 Å². The molecule has 0 bridgehead atoms. The second-order valence-electron chi connectivity index (χ2n) is 5.40. The molecule has 1 atom stereocenters. The molecule has 0 aliphatic carbocycles. The lowest BCUT2D eigenvalue weighted by Crippen LogP contribution is -2.13. The second kappa shape index (κ2) is 5.24. The first-order valence-corrected chi connectivity index (χ1v) is 7.26. The van der Waals surface area contributed by atoms with Crippen molar-refractivity contribution in [3.8, 4) is 11.5 Å². The SMILES string of the molecule is Cc1cccc2c1C(C=Nc1cc(-c3ccco3)[nH]n1)C(=O)N2. The number of aromatic amines is 1. The second-order valence-corrected chi connectivity index (χ2v) is 5.40. The van der Waals surface area contributed by atoms with Gasteiger partial charge in [-0.3, -0.25) is 9.89 Å². The number of anilines is 1. The van der Waals surface area contributed by atoms with E-state index in [1.165, 1.54) is 0 Å². The Morgan fingerprint density at radius 3 is 3.04 bits per heavy atom. The van der Waals surface area contributed by atoms with Crippen LogP contribution in [-0.2, 0) is 4.79 Å². The Bertz CT molecular complexity index is 893. The van der Waals surface area contributed by atoms with Gasteiger partial charge in [-0.25, -0.2) is 4.99 Å². The highest BCUT2D eigenvalue weighted by Gasteiger charge is 2.30. The van der Waals surface area contributed by atoms with Crippen LogP contribution in [0.15, 0.2) is 52.1 Å². The smallest absolute Gasteiger partial charge is 0.237 e. The van der Waals surface area contributed by atoms with E-state index in [2.05, 4.69) is 20.5 Å². The third-order valence-corrected chi connectivity index (χ3v) is 3.88. The molecule has 3 aromatic rings. The number of rotatable bonds is 3. The third-order valence-electron chi connectivity index (χ3n) is 3.88. The van der Waals surface area contributed by atoms with Crippen LogP contribution in [0.25, 0.3) is 11.5 Å². The minimum Gasteiger partial charge on any atom is -0.463 e. The Labute approximate surface area is 132 Å². The molecule has 1 aliphatic rings. The molecule has 1 unspecified atom stereocenters. The van der Waals surface area contributed by atoms with Crippen LogP contribution in [0.3, 0.4) is 0 Å². The van der Waals surface area contributed by atoms with Gasteiger partial charge in [-0.05, 0) is 36.2 Å². The zero-order valence-electron chi connectivity index (χ0n) is 12.4. The lowest BCUT2D eigenvalue weighted by atomic mass is 9.97. The quantitative estimate of drug-likeness (QED) is 0.727. The van der Waals surface area contributed by atoms with Crippen LogP contribution in [-0.4, -0.2) is 22.3 Å². The van der Waals surface area contributed by atoms with Crippen LogP contribution < -0.4 is 5.32 Å². The number of carbonyl (C=O) groups excluding carboxylic acids is 1. The van der Waals surface area contributed by atoms with E-state index in [1.807, 2.05) is 37.3 Å². The van der Waals surface area contributed by atoms with Crippen LogP contribution in [0.2, 0.25) is 0 Å². The molecule has 4 rings (SSSR count). The first-order valence-electron chi connectivity index (χ1n) is 7.26. The van der Waals surface area contributed by atoms with E-state index < -0.39 is 5.92 Å². The number of amides is 1. The predicted molar refractivity (Wildman–Crippen MR) is 87.0 cm³/mol. The molecule has 114 valence electrons. The van der Waals surface area contributed by atoms with E-state index in [9.17, 15) is 4.79 Å². The molecule has 0 saturated carbocycles. The van der Waals surface area contributed by atoms with Crippen molar-refractivity contribution in [1.82, 2.24) is 10.2 Å². The summed E-state index contributed by atoms with van der Waals surface area (Å²) in [6, 6.07) is 11.2. The number of nitrogens with one attached hydrogen (secondary N) is 2. The number of hydrogen-bond donors (Lipinski definition) is 2. The molecular weight excluding hydrogens is 292 g/mol. The number of aryl methyl sites for hydroxylation is 1. The summed E-state index contributed by atoms with van der Waals surface area (Å²) in [7, 11) is 0. The summed E-state index contributed by atoms with van der Waals surface area (Å²) in [6.07, 6.45) is 3.23. The van der Waals surface area contributed by atoms with Gasteiger partial charge < -0.3 is 9.73 Å². The zero-order valence-corrected chi connectivity index (χ0v) is 12.4. The summed E-state index contributed by atoms with van der Waals surface area (Å²) in [5.74, 6) is 0.736. The third kappa shape index (κ3) is 2.34. The molecule has 2 aromatic heterocycles. The highest BCUT2D eigenvalue weighted by Crippen LogP contribution is 2.34. The molecule has 0 saturated heterocycles. The van der Waals surface area contributed by atoms with E-state index in [0.29, 0.717) is 11.6 Å². The van der Waals surface area contributed by atoms with Crippen molar-refractivity contribution in [3.63, 3.8) is 0 Å². The van der Waals surface area contributed by atoms with E-state index in [1.54, 1.807) is 18.5 Å². The summed E-state index contributed by atoms with van der Waals surface area (Å²) in [5.41, 5.74) is 3.64. The molecule has 1 amide bonds. The molecular formula is C17H14N4O2. The largest absolute Gasteiger partial charge is 0.463 e. The van der Waals surface area contributed by atoms with Gasteiger partial charge in [0, 0.05) is 18.0 Å². The molecule has 6 nitrogen and oxygen atoms in total. The first kappa shape index (κ1) is 13.5. The normalized spacial score (nSPS) is 16.7. The summed E-state index contributed by atoms with van der Waals surface area (Å²) in [4.78, 5) is 16.5. The number of aromatic nitrogens is 2. The Kier molecular flexibility index (Phi) is 3.08. The fourth-order valence-corrected chi connectivity index (χ4v) is 2.77. The number of nitrogens with zero attached hydrogens (tertiary/aromatic N) is 2. The molecule has 23 heavy (non-hydrogen) atoms. The van der Waals surface area contributed by atoms with Gasteiger partial charge in [0.1, 0.15) is 11.6 Å². The van der Waals surface area contributed by atoms with Gasteiger partial charge in [0.25, 0.3) is 0 Å². The number of aliphatic imine (C=N–C) groups is 1. The Morgan fingerprint density at radius 1 is 1.30 bits per heavy atom. The predicted octanol–water partition coefficient (Wildman–Crippen LogP) is 3.42. The van der Waals surface area contributed by atoms with Crippen LogP contribution in [0.1, 0.15) is 17.0 Å². The lowest BCUT2D eigenvalue weighted by molar-refractivity contribution is -0.115. The molecule has 6 heteroatoms. The summed E-state index contributed by atoms with van der Waals surface area (Å²) in [5, 5.41) is 9.87. The summed E-state index contributed by atoms with van der Waals surface area (Å²) >= 11 is 0. The van der Waals surface area contributed by atoms with Crippen molar-refractivity contribution in [2.45, 2.75) is 12.8 Å². The topological polar surface area (TPSA) is 83.3 Å². The van der Waals surface area contributed by atoms with Gasteiger partial charge in [-0.2, -0.15) is 5.10 Å². The molecule has 3 heterocycles. The summed E-state index contributed by atoms with van der Waals surface area (Å²) < 4.78 is 5.30. The fourth-order valence-electron chi connectivity index (χ4n) is 2.77. The number of benzene rings is 1. The number of furan rings is 1. The Morgan fingerprint density at radius 2 is 2.22 bits per heavy atom. The fraction of sp³-hybridized carbons (Fsp3) is 0.118. The lowest BCUT2D eigenvalue weighted by Gasteiger charge is -2.05.